The molecule has 6 heteroatoms. The van der Waals surface area contributed by atoms with Crippen molar-refractivity contribution in [1.82, 2.24) is 0 Å². The van der Waals surface area contributed by atoms with Gasteiger partial charge in [0.15, 0.2) is 5.84 Å². The van der Waals surface area contributed by atoms with E-state index in [1.807, 2.05) is 23.6 Å². The quantitative estimate of drug-likeness (QED) is 0.391. The minimum Gasteiger partial charge on any atom is -0.409 e. The van der Waals surface area contributed by atoms with Gasteiger partial charge in [-0.2, -0.15) is 0 Å². The van der Waals surface area contributed by atoms with E-state index in [9.17, 15) is 0 Å². The van der Waals surface area contributed by atoms with Crippen molar-refractivity contribution < 1.29 is 5.21 Å². The van der Waals surface area contributed by atoms with Crippen LogP contribution < -0.4 is 5.73 Å². The third-order valence-corrected chi connectivity index (χ3v) is 4.58. The molecule has 17 heavy (non-hydrogen) atoms. The Balaban J connectivity index is 2.26. The minimum absolute atomic E-state index is 0.0552. The molecule has 88 valence electrons. The van der Waals surface area contributed by atoms with Crippen molar-refractivity contribution in [3.63, 3.8) is 0 Å². The summed E-state index contributed by atoms with van der Waals surface area (Å²) in [7, 11) is 0. The fourth-order valence-electron chi connectivity index (χ4n) is 1.23. The van der Waals surface area contributed by atoms with E-state index >= 15 is 0 Å². The molecule has 2 rings (SSSR count). The molecule has 0 fully saturated rings. The number of hydrogen-bond acceptors (Lipinski definition) is 4. The third-order valence-electron chi connectivity index (χ3n) is 2.04. The first-order valence-electron chi connectivity index (χ1n) is 4.69. The number of oxime groups is 1. The lowest BCUT2D eigenvalue weighted by Gasteiger charge is -2.04. The van der Waals surface area contributed by atoms with Gasteiger partial charge in [-0.3, -0.25) is 0 Å². The Labute approximate surface area is 112 Å². The Morgan fingerprint density at radius 2 is 2.24 bits per heavy atom. The molecule has 0 radical (unpaired) electrons. The zero-order valence-corrected chi connectivity index (χ0v) is 11.0. The highest BCUT2D eigenvalue weighted by Crippen LogP contribution is 2.36. The van der Waals surface area contributed by atoms with Gasteiger partial charge in [0.25, 0.3) is 0 Å². The minimum atomic E-state index is 0.0552. The molecule has 1 aromatic heterocycles. The first-order valence-corrected chi connectivity index (χ1v) is 6.77. The first-order chi connectivity index (χ1) is 8.20. The van der Waals surface area contributed by atoms with Gasteiger partial charge in [-0.1, -0.05) is 34.6 Å². The second kappa shape index (κ2) is 5.44. The third kappa shape index (κ3) is 2.94. The van der Waals surface area contributed by atoms with Crippen LogP contribution in [0.5, 0.6) is 0 Å². The molecule has 0 saturated heterocycles. The number of benzene rings is 1. The van der Waals surface area contributed by atoms with E-state index in [4.69, 9.17) is 22.5 Å². The highest BCUT2D eigenvalue weighted by Gasteiger charge is 2.07. The summed E-state index contributed by atoms with van der Waals surface area (Å²) in [6, 6.07) is 9.35. The van der Waals surface area contributed by atoms with Crippen molar-refractivity contribution in [2.75, 3.05) is 0 Å². The maximum absolute atomic E-state index is 8.57. The number of hydrogen-bond donors (Lipinski definition) is 2. The van der Waals surface area contributed by atoms with Crippen LogP contribution in [-0.4, -0.2) is 11.0 Å². The van der Waals surface area contributed by atoms with Gasteiger partial charge in [-0.05, 0) is 29.6 Å². The van der Waals surface area contributed by atoms with Gasteiger partial charge in [0.2, 0.25) is 0 Å². The van der Waals surface area contributed by atoms with Crippen LogP contribution in [0.3, 0.4) is 0 Å². The number of nitrogens with zero attached hydrogens (tertiary/aromatic N) is 1. The lowest BCUT2D eigenvalue weighted by Crippen LogP contribution is -2.12. The smallest absolute Gasteiger partial charge is 0.170 e. The molecule has 0 aliphatic rings. The largest absolute Gasteiger partial charge is 0.409 e. The van der Waals surface area contributed by atoms with E-state index in [2.05, 4.69) is 5.16 Å². The molecule has 0 aliphatic heterocycles. The predicted octanol–water partition coefficient (Wildman–Crippen LogP) is 3.65. The molecule has 0 bridgehead atoms. The van der Waals surface area contributed by atoms with Crippen molar-refractivity contribution in [2.24, 2.45) is 10.9 Å². The van der Waals surface area contributed by atoms with E-state index in [0.29, 0.717) is 10.6 Å². The van der Waals surface area contributed by atoms with Gasteiger partial charge in [0.1, 0.15) is 0 Å². The number of nitrogens with two attached hydrogens (primary N) is 1. The van der Waals surface area contributed by atoms with Crippen LogP contribution in [-0.2, 0) is 0 Å². The summed E-state index contributed by atoms with van der Waals surface area (Å²) < 4.78 is 1.17. The first kappa shape index (κ1) is 12.3. The van der Waals surface area contributed by atoms with Gasteiger partial charge in [0.05, 0.1) is 9.23 Å². The summed E-state index contributed by atoms with van der Waals surface area (Å²) in [4.78, 5) is 0.948. The molecule has 0 saturated carbocycles. The number of halogens is 1. The zero-order chi connectivity index (χ0) is 12.3. The molecule has 0 unspecified atom stereocenters. The van der Waals surface area contributed by atoms with Crippen LogP contribution in [0.15, 0.2) is 50.0 Å². The Hall–Kier alpha value is -1.17. The van der Waals surface area contributed by atoms with Gasteiger partial charge in [0, 0.05) is 10.5 Å². The normalized spacial score (nSPS) is 11.7. The monoisotopic (exact) mass is 284 g/mol. The standard InChI is InChI=1S/C11H9ClN2OS2/c12-8-6-7(11(13)14-15)3-4-9(8)17-10-2-1-5-16-10/h1-6,15H,(H2,13,14). The maximum atomic E-state index is 8.57. The topological polar surface area (TPSA) is 58.6 Å². The van der Waals surface area contributed by atoms with Crippen molar-refractivity contribution >= 4 is 40.5 Å². The molecule has 0 atom stereocenters. The Kier molecular flexibility index (Phi) is 3.93. The SMILES string of the molecule is NC(=NO)c1ccc(Sc2cccs2)c(Cl)c1. The number of thiophene rings is 1. The van der Waals surface area contributed by atoms with E-state index in [1.54, 1.807) is 35.2 Å². The van der Waals surface area contributed by atoms with Crippen molar-refractivity contribution in [2.45, 2.75) is 9.10 Å². The lowest BCUT2D eigenvalue weighted by molar-refractivity contribution is 0.318. The molecule has 1 aromatic carbocycles. The fraction of sp³-hybridized carbons (Fsp3) is 0. The molecular formula is C11H9ClN2OS2. The van der Waals surface area contributed by atoms with Gasteiger partial charge < -0.3 is 10.9 Å². The van der Waals surface area contributed by atoms with Crippen LogP contribution in [0.1, 0.15) is 5.56 Å². The highest BCUT2D eigenvalue weighted by molar-refractivity contribution is 8.01. The van der Waals surface area contributed by atoms with E-state index in [0.717, 1.165) is 4.90 Å². The van der Waals surface area contributed by atoms with Crippen molar-refractivity contribution in [3.8, 4) is 0 Å². The van der Waals surface area contributed by atoms with Crippen molar-refractivity contribution in [1.29, 1.82) is 0 Å². The molecule has 0 spiro atoms. The Bertz CT molecular complexity index is 540. The summed E-state index contributed by atoms with van der Waals surface area (Å²) >= 11 is 9.39. The molecule has 3 N–H and O–H groups in total. The lowest BCUT2D eigenvalue weighted by atomic mass is 10.2. The van der Waals surface area contributed by atoms with Crippen LogP contribution in [0.25, 0.3) is 0 Å². The second-order valence-electron chi connectivity index (χ2n) is 3.16. The zero-order valence-electron chi connectivity index (χ0n) is 8.63. The van der Waals surface area contributed by atoms with E-state index in [1.165, 1.54) is 4.21 Å². The van der Waals surface area contributed by atoms with Gasteiger partial charge in [-0.25, -0.2) is 0 Å². The van der Waals surface area contributed by atoms with E-state index in [-0.39, 0.29) is 5.84 Å². The Morgan fingerprint density at radius 3 is 2.82 bits per heavy atom. The summed E-state index contributed by atoms with van der Waals surface area (Å²) in [6.07, 6.45) is 0. The summed E-state index contributed by atoms with van der Waals surface area (Å²) in [5.74, 6) is 0.0552. The average Bonchev–Trinajstić information content (AvgIpc) is 2.83. The molecule has 0 amide bonds. The predicted molar refractivity (Wildman–Crippen MR) is 72.4 cm³/mol. The summed E-state index contributed by atoms with van der Waals surface area (Å²) in [5.41, 5.74) is 6.09. The second-order valence-corrected chi connectivity index (χ2v) is 5.86. The molecule has 0 aliphatic carbocycles. The van der Waals surface area contributed by atoms with Gasteiger partial charge >= 0.3 is 0 Å². The molecular weight excluding hydrogens is 276 g/mol. The van der Waals surface area contributed by atoms with Crippen LogP contribution in [0.2, 0.25) is 5.02 Å². The van der Waals surface area contributed by atoms with Crippen molar-refractivity contribution in [3.05, 3.63) is 46.3 Å². The molecule has 1 heterocycles. The number of rotatable bonds is 3. The Morgan fingerprint density at radius 1 is 1.41 bits per heavy atom. The average molecular weight is 285 g/mol. The van der Waals surface area contributed by atoms with Crippen LogP contribution in [0, 0.1) is 0 Å². The molecule has 2 aromatic rings. The molecule has 3 nitrogen and oxygen atoms in total. The van der Waals surface area contributed by atoms with Gasteiger partial charge in [-0.15, -0.1) is 11.3 Å². The number of amidine groups is 1. The maximum Gasteiger partial charge on any atom is 0.170 e. The summed E-state index contributed by atoms with van der Waals surface area (Å²) in [5, 5.41) is 14.1. The van der Waals surface area contributed by atoms with Crippen LogP contribution in [0.4, 0.5) is 0 Å². The fourth-order valence-corrected chi connectivity index (χ4v) is 3.26. The highest BCUT2D eigenvalue weighted by atomic mass is 35.5. The van der Waals surface area contributed by atoms with Crippen LogP contribution >= 0.6 is 34.7 Å². The summed E-state index contributed by atoms with van der Waals surface area (Å²) in [6.45, 7) is 0. The van der Waals surface area contributed by atoms with E-state index < -0.39 is 0 Å².